The van der Waals surface area contributed by atoms with Crippen LogP contribution in [0, 0.1) is 0 Å². The first-order valence-corrected chi connectivity index (χ1v) is 8.04. The first-order valence-electron chi connectivity index (χ1n) is 6.07. The van der Waals surface area contributed by atoms with Gasteiger partial charge in [-0.3, -0.25) is 0 Å². The maximum Gasteiger partial charge on any atom is 0.231 e. The Labute approximate surface area is 143 Å². The molecule has 8 heteroatoms. The molecule has 0 amide bonds. The van der Waals surface area contributed by atoms with Crippen LogP contribution in [0.1, 0.15) is 11.4 Å². The standard InChI is InChI=1S/C13H11Br2ClN2O3/c1-19-5-11-17-12(14)13(15)18(11)4-7-2-9-10(3-8(7)16)21-6-20-9/h2-3H,4-6H2,1H3. The number of aromatic nitrogens is 2. The highest BCUT2D eigenvalue weighted by Gasteiger charge is 2.19. The molecule has 0 aliphatic carbocycles. The second-order valence-electron chi connectivity index (χ2n) is 4.43. The van der Waals surface area contributed by atoms with Crippen molar-refractivity contribution in [2.24, 2.45) is 0 Å². The van der Waals surface area contributed by atoms with Crippen LogP contribution in [0.5, 0.6) is 11.5 Å². The van der Waals surface area contributed by atoms with Crippen molar-refractivity contribution in [3.63, 3.8) is 0 Å². The summed E-state index contributed by atoms with van der Waals surface area (Å²) in [5.41, 5.74) is 0.920. The predicted octanol–water partition coefficient (Wildman–Crippen LogP) is 3.98. The van der Waals surface area contributed by atoms with E-state index in [1.165, 1.54) is 0 Å². The summed E-state index contributed by atoms with van der Waals surface area (Å²) in [6, 6.07) is 3.66. The van der Waals surface area contributed by atoms with Gasteiger partial charge >= 0.3 is 0 Å². The lowest BCUT2D eigenvalue weighted by Gasteiger charge is -2.11. The summed E-state index contributed by atoms with van der Waals surface area (Å²) in [7, 11) is 1.63. The van der Waals surface area contributed by atoms with Crippen molar-refractivity contribution >= 4 is 43.5 Å². The molecule has 0 radical (unpaired) electrons. The van der Waals surface area contributed by atoms with Gasteiger partial charge in [-0.1, -0.05) is 11.6 Å². The summed E-state index contributed by atoms with van der Waals surface area (Å²) in [6.07, 6.45) is 0. The van der Waals surface area contributed by atoms with Crippen molar-refractivity contribution in [2.75, 3.05) is 13.9 Å². The van der Waals surface area contributed by atoms with Crippen molar-refractivity contribution in [2.45, 2.75) is 13.2 Å². The molecule has 0 saturated heterocycles. The number of ether oxygens (including phenoxy) is 3. The minimum Gasteiger partial charge on any atom is -0.454 e. The monoisotopic (exact) mass is 436 g/mol. The molecule has 1 aromatic heterocycles. The Morgan fingerprint density at radius 1 is 1.33 bits per heavy atom. The second-order valence-corrected chi connectivity index (χ2v) is 6.34. The highest BCUT2D eigenvalue weighted by atomic mass is 79.9. The third kappa shape index (κ3) is 2.92. The highest BCUT2D eigenvalue weighted by molar-refractivity contribution is 9.13. The van der Waals surface area contributed by atoms with E-state index in [-0.39, 0.29) is 6.79 Å². The summed E-state index contributed by atoms with van der Waals surface area (Å²) in [5.74, 6) is 2.18. The Bertz CT molecular complexity index is 691. The number of halogens is 3. The molecule has 1 aliphatic rings. The molecule has 3 rings (SSSR count). The first kappa shape index (κ1) is 15.1. The lowest BCUT2D eigenvalue weighted by molar-refractivity contribution is 0.173. The maximum atomic E-state index is 6.32. The Hall–Kier alpha value is -0.760. The van der Waals surface area contributed by atoms with Crippen molar-refractivity contribution in [1.82, 2.24) is 9.55 Å². The van der Waals surface area contributed by atoms with E-state index in [1.54, 1.807) is 13.2 Å². The molecule has 2 heterocycles. The fraction of sp³-hybridized carbons (Fsp3) is 0.308. The number of rotatable bonds is 4. The molecule has 21 heavy (non-hydrogen) atoms. The lowest BCUT2D eigenvalue weighted by atomic mass is 10.2. The number of hydrogen-bond donors (Lipinski definition) is 0. The van der Waals surface area contributed by atoms with E-state index >= 15 is 0 Å². The molecule has 1 aliphatic heterocycles. The molecule has 0 bridgehead atoms. The molecule has 0 atom stereocenters. The van der Waals surface area contributed by atoms with Gasteiger partial charge in [0.25, 0.3) is 0 Å². The number of hydrogen-bond acceptors (Lipinski definition) is 4. The number of benzene rings is 1. The van der Waals surface area contributed by atoms with E-state index in [9.17, 15) is 0 Å². The minimum atomic E-state index is 0.227. The fourth-order valence-electron chi connectivity index (χ4n) is 2.10. The summed E-state index contributed by atoms with van der Waals surface area (Å²) in [4.78, 5) is 4.41. The topological polar surface area (TPSA) is 45.5 Å². The van der Waals surface area contributed by atoms with Crippen LogP contribution in [0.3, 0.4) is 0 Å². The van der Waals surface area contributed by atoms with Crippen LogP contribution in [-0.2, 0) is 17.9 Å². The Morgan fingerprint density at radius 2 is 2.05 bits per heavy atom. The Kier molecular flexibility index (Phi) is 4.44. The molecule has 0 unspecified atom stereocenters. The predicted molar refractivity (Wildman–Crippen MR) is 85.0 cm³/mol. The van der Waals surface area contributed by atoms with E-state index in [0.717, 1.165) is 20.6 Å². The van der Waals surface area contributed by atoms with Gasteiger partial charge in [0.2, 0.25) is 6.79 Å². The van der Waals surface area contributed by atoms with Gasteiger partial charge in [-0.15, -0.1) is 0 Å². The quantitative estimate of drug-likeness (QED) is 0.724. The molecule has 0 N–H and O–H groups in total. The lowest BCUT2D eigenvalue weighted by Crippen LogP contribution is -2.07. The summed E-state index contributed by atoms with van der Waals surface area (Å²) < 4.78 is 19.4. The smallest absolute Gasteiger partial charge is 0.231 e. The number of methoxy groups -OCH3 is 1. The van der Waals surface area contributed by atoms with E-state index in [1.807, 2.05) is 10.6 Å². The summed E-state index contributed by atoms with van der Waals surface area (Å²) >= 11 is 13.2. The number of imidazole rings is 1. The highest BCUT2D eigenvalue weighted by Crippen LogP contribution is 2.37. The zero-order valence-corrected chi connectivity index (χ0v) is 15.0. The van der Waals surface area contributed by atoms with Crippen LogP contribution < -0.4 is 9.47 Å². The molecular formula is C13H11Br2ClN2O3. The van der Waals surface area contributed by atoms with Gasteiger partial charge in [0.1, 0.15) is 21.6 Å². The Morgan fingerprint density at radius 3 is 2.76 bits per heavy atom. The first-order chi connectivity index (χ1) is 10.1. The van der Waals surface area contributed by atoms with Gasteiger partial charge in [0.15, 0.2) is 11.5 Å². The van der Waals surface area contributed by atoms with Crippen molar-refractivity contribution in [3.05, 3.63) is 37.7 Å². The van der Waals surface area contributed by atoms with Crippen molar-refractivity contribution in [3.8, 4) is 11.5 Å². The minimum absolute atomic E-state index is 0.227. The van der Waals surface area contributed by atoms with Crippen molar-refractivity contribution < 1.29 is 14.2 Å². The van der Waals surface area contributed by atoms with Crippen LogP contribution in [0.4, 0.5) is 0 Å². The van der Waals surface area contributed by atoms with Crippen LogP contribution in [-0.4, -0.2) is 23.5 Å². The van der Waals surface area contributed by atoms with Crippen LogP contribution in [0.2, 0.25) is 5.02 Å². The third-order valence-electron chi connectivity index (χ3n) is 3.09. The van der Waals surface area contributed by atoms with Gasteiger partial charge in [0.05, 0.1) is 6.54 Å². The normalized spacial score (nSPS) is 13.0. The fourth-order valence-corrected chi connectivity index (χ4v) is 3.15. The molecule has 5 nitrogen and oxygen atoms in total. The average Bonchev–Trinajstić information content (AvgIpc) is 2.99. The van der Waals surface area contributed by atoms with E-state index in [2.05, 4.69) is 36.8 Å². The van der Waals surface area contributed by atoms with Crippen molar-refractivity contribution in [1.29, 1.82) is 0 Å². The SMILES string of the molecule is COCc1nc(Br)c(Br)n1Cc1cc2c(cc1Cl)OCO2. The largest absolute Gasteiger partial charge is 0.454 e. The zero-order chi connectivity index (χ0) is 15.0. The van der Waals surface area contributed by atoms with E-state index in [0.29, 0.717) is 29.7 Å². The average molecular weight is 439 g/mol. The molecule has 0 spiro atoms. The van der Waals surface area contributed by atoms with Crippen LogP contribution >= 0.6 is 43.5 Å². The van der Waals surface area contributed by atoms with Crippen LogP contribution in [0.25, 0.3) is 0 Å². The van der Waals surface area contributed by atoms with Gasteiger partial charge < -0.3 is 18.8 Å². The molecule has 2 aromatic rings. The Balaban J connectivity index is 1.97. The molecule has 112 valence electrons. The van der Waals surface area contributed by atoms with Gasteiger partial charge in [-0.05, 0) is 43.5 Å². The molecular weight excluding hydrogens is 427 g/mol. The van der Waals surface area contributed by atoms with Gasteiger partial charge in [-0.25, -0.2) is 4.98 Å². The number of nitrogens with zero attached hydrogens (tertiary/aromatic N) is 2. The maximum absolute atomic E-state index is 6.32. The van der Waals surface area contributed by atoms with E-state index < -0.39 is 0 Å². The van der Waals surface area contributed by atoms with E-state index in [4.69, 9.17) is 25.8 Å². The third-order valence-corrected chi connectivity index (χ3v) is 5.33. The van der Waals surface area contributed by atoms with Gasteiger partial charge in [-0.2, -0.15) is 0 Å². The molecule has 1 aromatic carbocycles. The van der Waals surface area contributed by atoms with Crippen LogP contribution in [0.15, 0.2) is 21.3 Å². The number of fused-ring (bicyclic) bond motifs is 1. The zero-order valence-electron chi connectivity index (χ0n) is 11.0. The second kappa shape index (κ2) is 6.16. The summed E-state index contributed by atoms with van der Waals surface area (Å²) in [6.45, 7) is 1.18. The molecule has 0 saturated carbocycles. The molecule has 0 fully saturated rings. The summed E-state index contributed by atoms with van der Waals surface area (Å²) in [5, 5.41) is 0.624. The van der Waals surface area contributed by atoms with Gasteiger partial charge in [0, 0.05) is 18.2 Å².